The molecule has 0 spiro atoms. The molecule has 1 heterocycles. The van der Waals surface area contributed by atoms with Crippen molar-refractivity contribution in [3.8, 4) is 5.75 Å². The maximum Gasteiger partial charge on any atom is 0.573 e. The number of hydrogen-bond donors (Lipinski definition) is 0. The first-order chi connectivity index (χ1) is 8.35. The summed E-state index contributed by atoms with van der Waals surface area (Å²) in [6, 6.07) is 4.76. The summed E-state index contributed by atoms with van der Waals surface area (Å²) in [5.74, 6) is -2.47. The Morgan fingerprint density at radius 1 is 1.17 bits per heavy atom. The van der Waals surface area contributed by atoms with E-state index in [0.717, 1.165) is 12.1 Å². The lowest BCUT2D eigenvalue weighted by Crippen LogP contribution is -2.17. The second-order valence-corrected chi connectivity index (χ2v) is 3.67. The molecule has 0 radical (unpaired) electrons. The predicted molar refractivity (Wildman–Crippen MR) is 51.6 cm³/mol. The topological polar surface area (TPSA) is 52.6 Å². The van der Waals surface area contributed by atoms with Crippen LogP contribution in [0.4, 0.5) is 13.2 Å². The van der Waals surface area contributed by atoms with E-state index < -0.39 is 24.2 Å². The first kappa shape index (κ1) is 12.4. The summed E-state index contributed by atoms with van der Waals surface area (Å²) in [5.41, 5.74) is 0.417. The largest absolute Gasteiger partial charge is 0.573 e. The summed E-state index contributed by atoms with van der Waals surface area (Å²) in [4.78, 5) is 22.1. The fourth-order valence-electron chi connectivity index (χ4n) is 1.63. The Balaban J connectivity index is 2.13. The van der Waals surface area contributed by atoms with E-state index in [4.69, 9.17) is 0 Å². The van der Waals surface area contributed by atoms with Crippen molar-refractivity contribution in [2.75, 3.05) is 0 Å². The van der Waals surface area contributed by atoms with Crippen molar-refractivity contribution in [2.24, 2.45) is 0 Å². The number of hydrogen-bond acceptors (Lipinski definition) is 4. The quantitative estimate of drug-likeness (QED) is 0.604. The van der Waals surface area contributed by atoms with Crippen LogP contribution in [0.25, 0.3) is 0 Å². The van der Waals surface area contributed by atoms with Crippen LogP contribution in [0.5, 0.6) is 5.75 Å². The summed E-state index contributed by atoms with van der Waals surface area (Å²) in [5, 5.41) is 0. The molecule has 1 unspecified atom stereocenters. The molecule has 7 heteroatoms. The number of halogens is 3. The molecule has 0 saturated carbocycles. The highest BCUT2D eigenvalue weighted by Gasteiger charge is 2.35. The molecule has 1 aliphatic rings. The van der Waals surface area contributed by atoms with Crippen molar-refractivity contribution in [3.63, 3.8) is 0 Å². The maximum absolute atomic E-state index is 11.9. The fraction of sp³-hybridized carbons (Fsp3) is 0.273. The minimum Gasteiger partial charge on any atom is -0.406 e. The lowest BCUT2D eigenvalue weighted by Gasteiger charge is -2.10. The van der Waals surface area contributed by atoms with Crippen LogP contribution in [0.1, 0.15) is 17.9 Å². The summed E-state index contributed by atoms with van der Waals surface area (Å²) >= 11 is 0. The average Bonchev–Trinajstić information content (AvgIpc) is 2.57. The molecule has 0 N–H and O–H groups in total. The number of carbonyl (C=O) groups is 2. The average molecular weight is 260 g/mol. The molecule has 1 aromatic rings. The van der Waals surface area contributed by atoms with Gasteiger partial charge in [0.2, 0.25) is 0 Å². The van der Waals surface area contributed by atoms with E-state index in [1.807, 2.05) is 0 Å². The zero-order valence-electron chi connectivity index (χ0n) is 8.86. The van der Waals surface area contributed by atoms with Crippen LogP contribution in [0.3, 0.4) is 0 Å². The zero-order valence-corrected chi connectivity index (χ0v) is 8.86. The third kappa shape index (κ3) is 2.79. The van der Waals surface area contributed by atoms with Crippen molar-refractivity contribution in [1.82, 2.24) is 0 Å². The summed E-state index contributed by atoms with van der Waals surface area (Å²) in [6.07, 6.45) is -4.86. The van der Waals surface area contributed by atoms with Crippen LogP contribution in [0.2, 0.25) is 0 Å². The smallest absolute Gasteiger partial charge is 0.406 e. The van der Waals surface area contributed by atoms with Gasteiger partial charge in [0.25, 0.3) is 0 Å². The molecular formula is C11H7F3O4. The highest BCUT2D eigenvalue weighted by atomic mass is 19.4. The van der Waals surface area contributed by atoms with Crippen molar-refractivity contribution >= 4 is 11.9 Å². The highest BCUT2D eigenvalue weighted by Crippen LogP contribution is 2.30. The lowest BCUT2D eigenvalue weighted by molar-refractivity contribution is -0.274. The highest BCUT2D eigenvalue weighted by molar-refractivity contribution is 5.97. The molecule has 2 rings (SSSR count). The molecule has 1 atom stereocenters. The Kier molecular flexibility index (Phi) is 2.98. The Bertz CT molecular complexity index is 478. The molecule has 1 saturated heterocycles. The first-order valence-corrected chi connectivity index (χ1v) is 4.95. The molecule has 1 fully saturated rings. The SMILES string of the molecule is O=C1CC(c2ccc(OC(F)(F)F)cc2)C(=O)O1. The Labute approximate surface area is 99.3 Å². The summed E-state index contributed by atoms with van der Waals surface area (Å²) in [7, 11) is 0. The van der Waals surface area contributed by atoms with Crippen LogP contribution in [-0.4, -0.2) is 18.3 Å². The predicted octanol–water partition coefficient (Wildman–Crippen LogP) is 2.14. The molecule has 4 nitrogen and oxygen atoms in total. The third-order valence-corrected chi connectivity index (χ3v) is 2.39. The van der Waals surface area contributed by atoms with Gasteiger partial charge in [-0.15, -0.1) is 13.2 Å². The van der Waals surface area contributed by atoms with Crippen LogP contribution in [-0.2, 0) is 14.3 Å². The molecule has 0 amide bonds. The number of benzene rings is 1. The van der Waals surface area contributed by atoms with E-state index >= 15 is 0 Å². The minimum atomic E-state index is -4.76. The molecule has 1 aliphatic heterocycles. The van der Waals surface area contributed by atoms with Crippen molar-refractivity contribution < 1.29 is 32.2 Å². The van der Waals surface area contributed by atoms with Crippen LogP contribution >= 0.6 is 0 Å². The molecule has 0 bridgehead atoms. The van der Waals surface area contributed by atoms with Crippen molar-refractivity contribution in [2.45, 2.75) is 18.7 Å². The van der Waals surface area contributed by atoms with E-state index in [2.05, 4.69) is 9.47 Å². The molecule has 1 aromatic carbocycles. The van der Waals surface area contributed by atoms with Gasteiger partial charge in [-0.25, -0.2) is 0 Å². The van der Waals surface area contributed by atoms with Gasteiger partial charge in [-0.1, -0.05) is 12.1 Å². The fourth-order valence-corrected chi connectivity index (χ4v) is 1.63. The number of carbonyl (C=O) groups excluding carboxylic acids is 2. The van der Waals surface area contributed by atoms with Gasteiger partial charge in [-0.3, -0.25) is 9.59 Å². The lowest BCUT2D eigenvalue weighted by atomic mass is 9.98. The molecule has 0 aromatic heterocycles. The molecule has 18 heavy (non-hydrogen) atoms. The maximum atomic E-state index is 11.9. The van der Waals surface area contributed by atoms with Gasteiger partial charge in [0.15, 0.2) is 0 Å². The standard InChI is InChI=1S/C11H7F3O4/c12-11(13,14)18-7-3-1-6(2-4-7)8-5-9(15)17-10(8)16/h1-4,8H,5H2. The first-order valence-electron chi connectivity index (χ1n) is 4.95. The number of ether oxygens (including phenoxy) is 2. The number of rotatable bonds is 2. The van der Waals surface area contributed by atoms with E-state index in [1.165, 1.54) is 12.1 Å². The van der Waals surface area contributed by atoms with Gasteiger partial charge in [0.1, 0.15) is 5.75 Å². The summed E-state index contributed by atoms with van der Waals surface area (Å²) in [6.45, 7) is 0. The third-order valence-electron chi connectivity index (χ3n) is 2.39. The Hall–Kier alpha value is -2.05. The molecule has 96 valence electrons. The van der Waals surface area contributed by atoms with E-state index in [9.17, 15) is 22.8 Å². The van der Waals surface area contributed by atoms with Crippen LogP contribution < -0.4 is 4.74 Å². The summed E-state index contributed by atoms with van der Waals surface area (Å²) < 4.78 is 43.8. The Morgan fingerprint density at radius 2 is 1.78 bits per heavy atom. The van der Waals surface area contributed by atoms with Gasteiger partial charge >= 0.3 is 18.3 Å². The molecule has 0 aliphatic carbocycles. The second kappa shape index (κ2) is 4.32. The second-order valence-electron chi connectivity index (χ2n) is 3.67. The number of cyclic esters (lactones) is 2. The van der Waals surface area contributed by atoms with E-state index in [1.54, 1.807) is 0 Å². The van der Waals surface area contributed by atoms with Gasteiger partial charge < -0.3 is 9.47 Å². The zero-order chi connectivity index (χ0) is 13.3. The number of esters is 2. The van der Waals surface area contributed by atoms with Crippen molar-refractivity contribution in [3.05, 3.63) is 29.8 Å². The van der Waals surface area contributed by atoms with Gasteiger partial charge in [-0.05, 0) is 17.7 Å². The van der Waals surface area contributed by atoms with Crippen LogP contribution in [0.15, 0.2) is 24.3 Å². The molecular weight excluding hydrogens is 253 g/mol. The minimum absolute atomic E-state index is 0.0989. The van der Waals surface area contributed by atoms with Gasteiger partial charge in [-0.2, -0.15) is 0 Å². The van der Waals surface area contributed by atoms with Gasteiger partial charge in [0.05, 0.1) is 12.3 Å². The van der Waals surface area contributed by atoms with Crippen LogP contribution in [0, 0.1) is 0 Å². The Morgan fingerprint density at radius 3 is 2.22 bits per heavy atom. The van der Waals surface area contributed by atoms with Gasteiger partial charge in [0, 0.05) is 0 Å². The van der Waals surface area contributed by atoms with E-state index in [-0.39, 0.29) is 12.2 Å². The number of alkyl halides is 3. The van der Waals surface area contributed by atoms with E-state index in [0.29, 0.717) is 5.56 Å². The normalized spacial score (nSPS) is 19.8. The monoisotopic (exact) mass is 260 g/mol. The van der Waals surface area contributed by atoms with Crippen molar-refractivity contribution in [1.29, 1.82) is 0 Å².